The third-order valence-corrected chi connectivity index (χ3v) is 3.64. The zero-order chi connectivity index (χ0) is 13.9. The summed E-state index contributed by atoms with van der Waals surface area (Å²) in [5.74, 6) is 0.263. The monoisotopic (exact) mass is 283 g/mol. The van der Waals surface area contributed by atoms with Gasteiger partial charge in [0.05, 0.1) is 5.56 Å². The highest BCUT2D eigenvalue weighted by Crippen LogP contribution is 2.35. The minimum atomic E-state index is -4.37. The topological polar surface area (TPSA) is 26.0 Å². The molecule has 2 rings (SSSR count). The Morgan fingerprint density at radius 2 is 1.68 bits per heavy atom. The van der Waals surface area contributed by atoms with Crippen LogP contribution < -0.4 is 5.73 Å². The van der Waals surface area contributed by atoms with Gasteiger partial charge in [0.15, 0.2) is 0 Å². The molecule has 0 aromatic heterocycles. The fraction of sp³-hybridized carbons (Fsp3) is 0.143. The van der Waals surface area contributed by atoms with E-state index in [0.717, 1.165) is 11.0 Å². The molecular formula is C14H12F3NS. The molecule has 100 valence electrons. The number of alkyl halides is 3. The predicted octanol–water partition coefficient (Wildman–Crippen LogP) is 4.58. The zero-order valence-corrected chi connectivity index (χ0v) is 10.8. The van der Waals surface area contributed by atoms with Crippen LogP contribution in [0.5, 0.6) is 0 Å². The third-order valence-electron chi connectivity index (χ3n) is 2.58. The summed E-state index contributed by atoms with van der Waals surface area (Å²) in [6, 6.07) is 13.2. The van der Waals surface area contributed by atoms with Crippen molar-refractivity contribution in [2.75, 3.05) is 5.73 Å². The smallest absolute Gasteiger partial charge is 0.399 e. The van der Waals surface area contributed by atoms with Crippen molar-refractivity contribution in [1.29, 1.82) is 0 Å². The number of nitrogen functional groups attached to an aromatic ring is 1. The van der Waals surface area contributed by atoms with Crippen molar-refractivity contribution in [2.24, 2.45) is 0 Å². The highest BCUT2D eigenvalue weighted by molar-refractivity contribution is 7.98. The molecule has 2 aromatic rings. The summed E-state index contributed by atoms with van der Waals surface area (Å²) in [5.41, 5.74) is 5.14. The maximum Gasteiger partial charge on any atom is 0.416 e. The highest BCUT2D eigenvalue weighted by atomic mass is 32.2. The molecular weight excluding hydrogens is 271 g/mol. The molecule has 0 saturated carbocycles. The standard InChI is InChI=1S/C14H12F3NS/c15-14(16,17)13-8-11(18)7-6-10(13)9-19-12-4-2-1-3-5-12/h1-8H,9,18H2. The summed E-state index contributed by atoms with van der Waals surface area (Å²) in [7, 11) is 0. The average Bonchev–Trinajstić information content (AvgIpc) is 2.37. The van der Waals surface area contributed by atoms with E-state index in [1.54, 1.807) is 0 Å². The first kappa shape index (κ1) is 13.8. The van der Waals surface area contributed by atoms with Crippen LogP contribution in [0.15, 0.2) is 53.4 Å². The highest BCUT2D eigenvalue weighted by Gasteiger charge is 2.33. The number of anilines is 1. The molecule has 19 heavy (non-hydrogen) atoms. The molecule has 0 spiro atoms. The van der Waals surface area contributed by atoms with Crippen molar-refractivity contribution in [3.8, 4) is 0 Å². The quantitative estimate of drug-likeness (QED) is 0.659. The molecule has 0 aliphatic heterocycles. The van der Waals surface area contributed by atoms with Crippen LogP contribution in [-0.4, -0.2) is 0 Å². The van der Waals surface area contributed by atoms with E-state index in [1.807, 2.05) is 30.3 Å². The second kappa shape index (κ2) is 5.57. The third kappa shape index (κ3) is 3.67. The Bertz CT molecular complexity index is 552. The number of thioether (sulfide) groups is 1. The predicted molar refractivity (Wildman–Crippen MR) is 71.9 cm³/mol. The minimum Gasteiger partial charge on any atom is -0.399 e. The van der Waals surface area contributed by atoms with Gasteiger partial charge >= 0.3 is 6.18 Å². The molecule has 0 heterocycles. The number of hydrogen-bond acceptors (Lipinski definition) is 2. The molecule has 2 aromatic carbocycles. The molecule has 0 atom stereocenters. The van der Waals surface area contributed by atoms with Crippen molar-refractivity contribution >= 4 is 17.4 Å². The van der Waals surface area contributed by atoms with E-state index >= 15 is 0 Å². The lowest BCUT2D eigenvalue weighted by atomic mass is 10.1. The average molecular weight is 283 g/mol. The summed E-state index contributed by atoms with van der Waals surface area (Å²) < 4.78 is 38.7. The molecule has 0 saturated heterocycles. The summed E-state index contributed by atoms with van der Waals surface area (Å²) in [5, 5.41) is 0. The van der Waals surface area contributed by atoms with Crippen LogP contribution in [0, 0.1) is 0 Å². The van der Waals surface area contributed by atoms with Gasteiger partial charge in [-0.2, -0.15) is 13.2 Å². The van der Waals surface area contributed by atoms with Gasteiger partial charge < -0.3 is 5.73 Å². The van der Waals surface area contributed by atoms with E-state index in [4.69, 9.17) is 5.73 Å². The first-order chi connectivity index (χ1) is 8.97. The Hall–Kier alpha value is -1.62. The fourth-order valence-electron chi connectivity index (χ4n) is 1.66. The van der Waals surface area contributed by atoms with Crippen LogP contribution in [-0.2, 0) is 11.9 Å². The molecule has 1 nitrogen and oxygen atoms in total. The molecule has 2 N–H and O–H groups in total. The van der Waals surface area contributed by atoms with Gasteiger partial charge in [-0.25, -0.2) is 0 Å². The lowest BCUT2D eigenvalue weighted by molar-refractivity contribution is -0.138. The van der Waals surface area contributed by atoms with Crippen molar-refractivity contribution in [1.82, 2.24) is 0 Å². The molecule has 0 aliphatic rings. The Labute approximate surface area is 113 Å². The van der Waals surface area contributed by atoms with Gasteiger partial charge in [-0.15, -0.1) is 11.8 Å². The lowest BCUT2D eigenvalue weighted by Crippen LogP contribution is -2.09. The minimum absolute atomic E-state index is 0.126. The second-order valence-electron chi connectivity index (χ2n) is 4.02. The van der Waals surface area contributed by atoms with Crippen molar-refractivity contribution in [2.45, 2.75) is 16.8 Å². The molecule has 0 aliphatic carbocycles. The Morgan fingerprint density at radius 3 is 2.32 bits per heavy atom. The fourth-order valence-corrected chi connectivity index (χ4v) is 2.59. The SMILES string of the molecule is Nc1ccc(CSc2ccccc2)c(C(F)(F)F)c1. The maximum atomic E-state index is 12.9. The zero-order valence-electron chi connectivity index (χ0n) is 9.95. The molecule has 0 unspecified atom stereocenters. The van der Waals surface area contributed by atoms with Gasteiger partial charge in [0, 0.05) is 16.3 Å². The molecule has 0 amide bonds. The van der Waals surface area contributed by atoms with E-state index in [9.17, 15) is 13.2 Å². The first-order valence-electron chi connectivity index (χ1n) is 5.60. The van der Waals surface area contributed by atoms with E-state index in [-0.39, 0.29) is 17.0 Å². The summed E-state index contributed by atoms with van der Waals surface area (Å²) in [6.07, 6.45) is -4.37. The first-order valence-corrected chi connectivity index (χ1v) is 6.59. The molecule has 5 heteroatoms. The van der Waals surface area contributed by atoms with Crippen LogP contribution in [0.1, 0.15) is 11.1 Å². The Kier molecular flexibility index (Phi) is 4.04. The van der Waals surface area contributed by atoms with Gasteiger partial charge in [0.25, 0.3) is 0 Å². The lowest BCUT2D eigenvalue weighted by Gasteiger charge is -2.13. The van der Waals surface area contributed by atoms with Gasteiger partial charge in [-0.05, 0) is 29.8 Å². The summed E-state index contributed by atoms with van der Waals surface area (Å²) >= 11 is 1.37. The van der Waals surface area contributed by atoms with Gasteiger partial charge in [0.1, 0.15) is 0 Å². The molecule has 0 bridgehead atoms. The van der Waals surface area contributed by atoms with E-state index < -0.39 is 11.7 Å². The number of rotatable bonds is 3. The number of hydrogen-bond donors (Lipinski definition) is 1. The summed E-state index contributed by atoms with van der Waals surface area (Å²) in [4.78, 5) is 0.937. The summed E-state index contributed by atoms with van der Waals surface area (Å²) in [6.45, 7) is 0. The Balaban J connectivity index is 2.21. The van der Waals surface area contributed by atoms with E-state index in [2.05, 4.69) is 0 Å². The van der Waals surface area contributed by atoms with Crippen LogP contribution >= 0.6 is 11.8 Å². The number of benzene rings is 2. The van der Waals surface area contributed by atoms with Crippen LogP contribution in [0.4, 0.5) is 18.9 Å². The normalized spacial score (nSPS) is 11.5. The number of nitrogens with two attached hydrogens (primary N) is 1. The largest absolute Gasteiger partial charge is 0.416 e. The number of halogens is 3. The second-order valence-corrected chi connectivity index (χ2v) is 5.06. The van der Waals surface area contributed by atoms with Crippen molar-refractivity contribution in [3.05, 3.63) is 59.7 Å². The molecule has 0 radical (unpaired) electrons. The van der Waals surface area contributed by atoms with Crippen molar-refractivity contribution < 1.29 is 13.2 Å². The van der Waals surface area contributed by atoms with Crippen LogP contribution in [0.25, 0.3) is 0 Å². The van der Waals surface area contributed by atoms with Gasteiger partial charge in [-0.3, -0.25) is 0 Å². The van der Waals surface area contributed by atoms with E-state index in [1.165, 1.54) is 23.9 Å². The van der Waals surface area contributed by atoms with E-state index in [0.29, 0.717) is 0 Å². The van der Waals surface area contributed by atoms with Gasteiger partial charge in [-0.1, -0.05) is 24.3 Å². The molecule has 0 fully saturated rings. The van der Waals surface area contributed by atoms with Crippen molar-refractivity contribution in [3.63, 3.8) is 0 Å². The maximum absolute atomic E-state index is 12.9. The van der Waals surface area contributed by atoms with Crippen LogP contribution in [0.2, 0.25) is 0 Å². The van der Waals surface area contributed by atoms with Crippen LogP contribution in [0.3, 0.4) is 0 Å². The Morgan fingerprint density at radius 1 is 1.00 bits per heavy atom. The van der Waals surface area contributed by atoms with Gasteiger partial charge in [0.2, 0.25) is 0 Å².